The predicted molar refractivity (Wildman–Crippen MR) is 117 cm³/mol. The van der Waals surface area contributed by atoms with Crippen LogP contribution in [0.3, 0.4) is 0 Å². The third kappa shape index (κ3) is 5.09. The van der Waals surface area contributed by atoms with E-state index in [1.54, 1.807) is 12.1 Å². The number of carbonyl (C=O) groups is 1. The fourth-order valence-electron chi connectivity index (χ4n) is 3.03. The Labute approximate surface area is 176 Å². The second-order valence-electron chi connectivity index (χ2n) is 6.71. The molecule has 3 rings (SSSR count). The molecule has 0 unspecified atom stereocenters. The number of ether oxygens (including phenoxy) is 2. The molecule has 0 saturated carbocycles. The summed E-state index contributed by atoms with van der Waals surface area (Å²) in [5.74, 6) is 0.628. The van der Waals surface area contributed by atoms with Gasteiger partial charge in [-0.2, -0.15) is 0 Å². The number of benzene rings is 3. The van der Waals surface area contributed by atoms with Gasteiger partial charge < -0.3 is 14.8 Å². The summed E-state index contributed by atoms with van der Waals surface area (Å²) in [6.45, 7) is 6.58. The summed E-state index contributed by atoms with van der Waals surface area (Å²) in [4.78, 5) is 12.9. The molecule has 0 fully saturated rings. The molecule has 1 N–H and O–H groups in total. The second kappa shape index (κ2) is 9.48. The first-order chi connectivity index (χ1) is 14.0. The van der Waals surface area contributed by atoms with E-state index in [0.29, 0.717) is 35.3 Å². The summed E-state index contributed by atoms with van der Waals surface area (Å²) in [6.07, 6.45) is 0. The monoisotopic (exact) mass is 409 g/mol. The lowest BCUT2D eigenvalue weighted by atomic mass is 10.1. The number of anilines is 1. The van der Waals surface area contributed by atoms with Gasteiger partial charge in [-0.15, -0.1) is 0 Å². The Bertz CT molecular complexity index is 982. The quantitative estimate of drug-likeness (QED) is 0.506. The summed E-state index contributed by atoms with van der Waals surface area (Å²) < 4.78 is 11.6. The van der Waals surface area contributed by atoms with Crippen LogP contribution in [0.1, 0.15) is 34.0 Å². The summed E-state index contributed by atoms with van der Waals surface area (Å²) in [6, 6.07) is 18.9. The Balaban J connectivity index is 1.85. The van der Waals surface area contributed by atoms with Gasteiger partial charge in [-0.25, -0.2) is 0 Å². The standard InChI is InChI=1S/C24H24ClNO3/c1-4-28-21-14-19(24(27)26-22-16(2)9-8-10-17(22)3)13-20(25)23(21)29-15-18-11-6-5-7-12-18/h5-14H,4,15H2,1-3H3,(H,26,27). The Morgan fingerprint density at radius 1 is 0.966 bits per heavy atom. The molecular formula is C24H24ClNO3. The third-order valence-electron chi connectivity index (χ3n) is 4.52. The zero-order chi connectivity index (χ0) is 20.8. The first kappa shape index (κ1) is 20.7. The molecule has 150 valence electrons. The van der Waals surface area contributed by atoms with Gasteiger partial charge in [0.25, 0.3) is 5.91 Å². The molecule has 0 aromatic heterocycles. The van der Waals surface area contributed by atoms with E-state index in [9.17, 15) is 4.79 Å². The molecule has 0 aliphatic carbocycles. The molecule has 0 bridgehead atoms. The molecule has 0 aliphatic heterocycles. The van der Waals surface area contributed by atoms with E-state index in [1.807, 2.05) is 69.3 Å². The van der Waals surface area contributed by atoms with E-state index in [1.165, 1.54) is 0 Å². The number of nitrogens with one attached hydrogen (secondary N) is 1. The molecule has 0 saturated heterocycles. The molecule has 0 radical (unpaired) electrons. The average molecular weight is 410 g/mol. The van der Waals surface area contributed by atoms with E-state index in [0.717, 1.165) is 22.4 Å². The topological polar surface area (TPSA) is 47.6 Å². The van der Waals surface area contributed by atoms with Crippen LogP contribution >= 0.6 is 11.6 Å². The van der Waals surface area contributed by atoms with Crippen molar-refractivity contribution in [2.45, 2.75) is 27.4 Å². The van der Waals surface area contributed by atoms with Gasteiger partial charge in [0, 0.05) is 11.3 Å². The van der Waals surface area contributed by atoms with Crippen LogP contribution in [0.25, 0.3) is 0 Å². The molecule has 3 aromatic carbocycles. The van der Waals surface area contributed by atoms with Gasteiger partial charge in [-0.05, 0) is 49.6 Å². The summed E-state index contributed by atoms with van der Waals surface area (Å²) in [5, 5.41) is 3.31. The van der Waals surface area contributed by atoms with Crippen molar-refractivity contribution in [3.05, 3.63) is 87.9 Å². The minimum Gasteiger partial charge on any atom is -0.490 e. The number of hydrogen-bond donors (Lipinski definition) is 1. The van der Waals surface area contributed by atoms with Crippen molar-refractivity contribution < 1.29 is 14.3 Å². The van der Waals surface area contributed by atoms with Crippen LogP contribution in [0, 0.1) is 13.8 Å². The van der Waals surface area contributed by atoms with Gasteiger partial charge in [0.05, 0.1) is 11.6 Å². The van der Waals surface area contributed by atoms with Crippen LogP contribution < -0.4 is 14.8 Å². The highest BCUT2D eigenvalue weighted by Crippen LogP contribution is 2.37. The molecule has 1 amide bonds. The van der Waals surface area contributed by atoms with Gasteiger partial charge in [0.15, 0.2) is 11.5 Å². The van der Waals surface area contributed by atoms with Crippen LogP contribution in [-0.2, 0) is 6.61 Å². The molecule has 0 aliphatic rings. The Kier molecular flexibility index (Phi) is 6.78. The van der Waals surface area contributed by atoms with Crippen molar-refractivity contribution in [3.63, 3.8) is 0 Å². The van der Waals surface area contributed by atoms with Crippen molar-refractivity contribution in [3.8, 4) is 11.5 Å². The second-order valence-corrected chi connectivity index (χ2v) is 7.12. The molecule has 3 aromatic rings. The van der Waals surface area contributed by atoms with Gasteiger partial charge >= 0.3 is 0 Å². The number of aryl methyl sites for hydroxylation is 2. The van der Waals surface area contributed by atoms with Crippen molar-refractivity contribution in [2.75, 3.05) is 11.9 Å². The van der Waals surface area contributed by atoms with Crippen LogP contribution in [0.15, 0.2) is 60.7 Å². The van der Waals surface area contributed by atoms with Crippen molar-refractivity contribution in [2.24, 2.45) is 0 Å². The van der Waals surface area contributed by atoms with Crippen LogP contribution in [-0.4, -0.2) is 12.5 Å². The Hall–Kier alpha value is -2.98. The fourth-order valence-corrected chi connectivity index (χ4v) is 3.29. The first-order valence-corrected chi connectivity index (χ1v) is 9.88. The lowest BCUT2D eigenvalue weighted by Crippen LogP contribution is -2.14. The van der Waals surface area contributed by atoms with E-state index >= 15 is 0 Å². The highest BCUT2D eigenvalue weighted by molar-refractivity contribution is 6.32. The molecular weight excluding hydrogens is 386 g/mol. The van der Waals surface area contributed by atoms with Crippen molar-refractivity contribution >= 4 is 23.2 Å². The fraction of sp³-hybridized carbons (Fsp3) is 0.208. The maximum absolute atomic E-state index is 12.9. The number of carbonyl (C=O) groups excluding carboxylic acids is 1. The maximum Gasteiger partial charge on any atom is 0.255 e. The predicted octanol–water partition coefficient (Wildman–Crippen LogP) is 6.19. The van der Waals surface area contributed by atoms with E-state index in [-0.39, 0.29) is 5.91 Å². The molecule has 0 heterocycles. The first-order valence-electron chi connectivity index (χ1n) is 9.50. The minimum absolute atomic E-state index is 0.250. The Morgan fingerprint density at radius 2 is 1.66 bits per heavy atom. The third-order valence-corrected chi connectivity index (χ3v) is 4.80. The highest BCUT2D eigenvalue weighted by Gasteiger charge is 2.17. The zero-order valence-electron chi connectivity index (χ0n) is 16.8. The van der Waals surface area contributed by atoms with Gasteiger partial charge in [-0.3, -0.25) is 4.79 Å². The van der Waals surface area contributed by atoms with E-state index in [4.69, 9.17) is 21.1 Å². The van der Waals surface area contributed by atoms with Gasteiger partial charge in [-0.1, -0.05) is 60.1 Å². The molecule has 29 heavy (non-hydrogen) atoms. The molecule has 0 atom stereocenters. The molecule has 4 nitrogen and oxygen atoms in total. The minimum atomic E-state index is -0.250. The number of rotatable bonds is 7. The summed E-state index contributed by atoms with van der Waals surface area (Å²) in [5.41, 5.74) is 4.22. The van der Waals surface area contributed by atoms with Crippen LogP contribution in [0.2, 0.25) is 5.02 Å². The lowest BCUT2D eigenvalue weighted by Gasteiger charge is -2.16. The summed E-state index contributed by atoms with van der Waals surface area (Å²) >= 11 is 6.46. The highest BCUT2D eigenvalue weighted by atomic mass is 35.5. The van der Waals surface area contributed by atoms with E-state index < -0.39 is 0 Å². The van der Waals surface area contributed by atoms with Crippen molar-refractivity contribution in [1.82, 2.24) is 0 Å². The normalized spacial score (nSPS) is 10.5. The number of para-hydroxylation sites is 1. The molecule has 0 spiro atoms. The van der Waals surface area contributed by atoms with Crippen LogP contribution in [0.4, 0.5) is 5.69 Å². The van der Waals surface area contributed by atoms with Gasteiger partial charge in [0.2, 0.25) is 0 Å². The lowest BCUT2D eigenvalue weighted by molar-refractivity contribution is 0.102. The average Bonchev–Trinajstić information content (AvgIpc) is 2.71. The smallest absolute Gasteiger partial charge is 0.255 e. The molecule has 5 heteroatoms. The number of hydrogen-bond acceptors (Lipinski definition) is 3. The van der Waals surface area contributed by atoms with Gasteiger partial charge in [0.1, 0.15) is 6.61 Å². The summed E-state index contributed by atoms with van der Waals surface area (Å²) in [7, 11) is 0. The zero-order valence-corrected chi connectivity index (χ0v) is 17.5. The van der Waals surface area contributed by atoms with Crippen LogP contribution in [0.5, 0.6) is 11.5 Å². The maximum atomic E-state index is 12.9. The van der Waals surface area contributed by atoms with Crippen molar-refractivity contribution in [1.29, 1.82) is 0 Å². The SMILES string of the molecule is CCOc1cc(C(=O)Nc2c(C)cccc2C)cc(Cl)c1OCc1ccccc1. The number of amides is 1. The number of halogens is 1. The Morgan fingerprint density at radius 3 is 2.31 bits per heavy atom. The largest absolute Gasteiger partial charge is 0.490 e. The van der Waals surface area contributed by atoms with E-state index in [2.05, 4.69) is 5.32 Å².